The van der Waals surface area contributed by atoms with Crippen LogP contribution >= 0.6 is 40.1 Å². The molecule has 0 fully saturated rings. The lowest BCUT2D eigenvalue weighted by molar-refractivity contribution is 0.595. The van der Waals surface area contributed by atoms with Gasteiger partial charge in [-0.15, -0.1) is 11.8 Å². The van der Waals surface area contributed by atoms with Crippen molar-refractivity contribution in [2.24, 2.45) is 0 Å². The van der Waals surface area contributed by atoms with Crippen LogP contribution in [-0.2, 0) is 4.57 Å². The summed E-state index contributed by atoms with van der Waals surface area (Å²) in [5.74, 6) is -2.81. The minimum Gasteiger partial charge on any atom is -0.288 e. The van der Waals surface area contributed by atoms with Gasteiger partial charge in [-0.05, 0) is 27.7 Å². The van der Waals surface area contributed by atoms with Crippen LogP contribution in [0.4, 0.5) is 0 Å². The maximum absolute atomic E-state index is 10.6. The summed E-state index contributed by atoms with van der Waals surface area (Å²) in [7, 11) is 0. The van der Waals surface area contributed by atoms with Crippen LogP contribution < -0.4 is 0 Å². The first-order valence-electron chi connectivity index (χ1n) is 2.52. The lowest BCUT2D eigenvalue weighted by Gasteiger charge is -2.03. The maximum atomic E-state index is 10.6. The summed E-state index contributed by atoms with van der Waals surface area (Å²) in [6, 6.07) is 0. The highest BCUT2D eigenvalue weighted by atomic mass is 35.9. The quantitative estimate of drug-likeness (QED) is 0.655. The Kier molecular flexibility index (Phi) is 4.66. The fourth-order valence-electron chi connectivity index (χ4n) is 0.236. The summed E-state index contributed by atoms with van der Waals surface area (Å²) < 4.78 is 10.6. The Bertz CT molecular complexity index is 122. The second-order valence-corrected chi connectivity index (χ2v) is 9.16. The molecule has 0 aromatic carbocycles. The first-order chi connectivity index (χ1) is 3.92. The number of hydrogen-bond donors (Lipinski definition) is 0. The van der Waals surface area contributed by atoms with Crippen LogP contribution in [0.5, 0.6) is 0 Å². The van der Waals surface area contributed by atoms with Crippen LogP contribution in [-0.4, -0.2) is 10.7 Å². The Morgan fingerprint density at radius 3 is 2.11 bits per heavy atom. The van der Waals surface area contributed by atoms with Crippen molar-refractivity contribution in [3.05, 3.63) is 0 Å². The molecule has 0 aromatic rings. The van der Waals surface area contributed by atoms with Crippen LogP contribution in [0.2, 0.25) is 0 Å². The third kappa shape index (κ3) is 9.16. The Morgan fingerprint density at radius 2 is 2.00 bits per heavy atom. The van der Waals surface area contributed by atoms with E-state index in [1.54, 1.807) is 0 Å². The van der Waals surface area contributed by atoms with Gasteiger partial charge in [0.05, 0.1) is 5.49 Å². The van der Waals surface area contributed by atoms with Crippen LogP contribution in [0.3, 0.4) is 0 Å². The maximum Gasteiger partial charge on any atom is 0.262 e. The monoisotopic (exact) mass is 206 g/mol. The van der Waals surface area contributed by atoms with E-state index >= 15 is 0 Å². The molecule has 9 heavy (non-hydrogen) atoms. The van der Waals surface area contributed by atoms with Crippen LogP contribution in [0.15, 0.2) is 0 Å². The molecule has 0 radical (unpaired) electrons. The SMILES string of the molecule is CC(C)SCP(=O)(Cl)Cl. The van der Waals surface area contributed by atoms with Crippen LogP contribution in [0.25, 0.3) is 0 Å². The van der Waals surface area contributed by atoms with Crippen LogP contribution in [0, 0.1) is 0 Å². The Hall–Kier alpha value is 1.16. The van der Waals surface area contributed by atoms with E-state index in [4.69, 9.17) is 22.5 Å². The van der Waals surface area contributed by atoms with Crippen molar-refractivity contribution >= 4 is 40.1 Å². The molecule has 0 rings (SSSR count). The molecule has 0 bridgehead atoms. The van der Waals surface area contributed by atoms with Crippen molar-refractivity contribution in [3.63, 3.8) is 0 Å². The topological polar surface area (TPSA) is 17.1 Å². The molecular weight excluding hydrogens is 198 g/mol. The predicted molar refractivity (Wildman–Crippen MR) is 46.9 cm³/mol. The summed E-state index contributed by atoms with van der Waals surface area (Å²) in [5.41, 5.74) is 0.355. The van der Waals surface area contributed by atoms with Crippen molar-refractivity contribution in [2.75, 3.05) is 5.49 Å². The minimum absolute atomic E-state index is 0.355. The second-order valence-electron chi connectivity index (χ2n) is 1.91. The lowest BCUT2D eigenvalue weighted by Crippen LogP contribution is -1.85. The fourth-order valence-corrected chi connectivity index (χ4v) is 3.14. The minimum atomic E-state index is -2.81. The highest BCUT2D eigenvalue weighted by molar-refractivity contribution is 8.19. The molecule has 0 aliphatic rings. The Balaban J connectivity index is 3.40. The van der Waals surface area contributed by atoms with E-state index in [0.29, 0.717) is 10.7 Å². The zero-order valence-electron chi connectivity index (χ0n) is 5.30. The Labute approximate surface area is 69.4 Å². The van der Waals surface area contributed by atoms with Gasteiger partial charge in [0.1, 0.15) is 0 Å². The van der Waals surface area contributed by atoms with Crippen molar-refractivity contribution in [1.82, 2.24) is 0 Å². The van der Waals surface area contributed by atoms with Crippen molar-refractivity contribution < 1.29 is 4.57 Å². The van der Waals surface area contributed by atoms with Gasteiger partial charge in [0.15, 0.2) is 0 Å². The summed E-state index contributed by atoms with van der Waals surface area (Å²) in [6.07, 6.45) is 0. The van der Waals surface area contributed by atoms with Gasteiger partial charge < -0.3 is 0 Å². The molecule has 0 aromatic heterocycles. The molecule has 1 nitrogen and oxygen atoms in total. The zero-order valence-corrected chi connectivity index (χ0v) is 8.53. The number of hydrogen-bond acceptors (Lipinski definition) is 2. The molecule has 0 aliphatic carbocycles. The Morgan fingerprint density at radius 1 is 1.56 bits per heavy atom. The van der Waals surface area contributed by atoms with E-state index in [-0.39, 0.29) is 0 Å². The van der Waals surface area contributed by atoms with Crippen molar-refractivity contribution in [3.8, 4) is 0 Å². The van der Waals surface area contributed by atoms with Gasteiger partial charge in [-0.25, -0.2) is 0 Å². The van der Waals surface area contributed by atoms with Gasteiger partial charge in [0.2, 0.25) is 0 Å². The van der Waals surface area contributed by atoms with E-state index in [1.807, 2.05) is 13.8 Å². The van der Waals surface area contributed by atoms with Gasteiger partial charge in [-0.1, -0.05) is 13.8 Å². The smallest absolute Gasteiger partial charge is 0.262 e. The largest absolute Gasteiger partial charge is 0.288 e. The molecule has 5 heteroatoms. The molecule has 0 amide bonds. The molecule has 0 unspecified atom stereocenters. The third-order valence-electron chi connectivity index (χ3n) is 0.558. The summed E-state index contributed by atoms with van der Waals surface area (Å²) in [5, 5.41) is 0.441. The zero-order chi connectivity index (χ0) is 7.49. The molecule has 0 spiro atoms. The molecule has 0 saturated carbocycles. The normalized spacial score (nSPS) is 12.6. The summed E-state index contributed by atoms with van der Waals surface area (Å²) in [6.45, 7) is 4.02. The van der Waals surface area contributed by atoms with Crippen molar-refractivity contribution in [1.29, 1.82) is 0 Å². The second kappa shape index (κ2) is 4.12. The van der Waals surface area contributed by atoms with Gasteiger partial charge in [-0.2, -0.15) is 0 Å². The fraction of sp³-hybridized carbons (Fsp3) is 1.00. The molecule has 56 valence electrons. The highest BCUT2D eigenvalue weighted by Crippen LogP contribution is 2.59. The van der Waals surface area contributed by atoms with Gasteiger partial charge in [0, 0.05) is 0 Å². The van der Waals surface area contributed by atoms with E-state index in [9.17, 15) is 4.57 Å². The summed E-state index contributed by atoms with van der Waals surface area (Å²) >= 11 is 12.1. The molecule has 0 atom stereocenters. The number of rotatable bonds is 3. The van der Waals surface area contributed by atoms with Gasteiger partial charge in [0.25, 0.3) is 5.85 Å². The van der Waals surface area contributed by atoms with E-state index in [1.165, 1.54) is 11.8 Å². The first-order valence-corrected chi connectivity index (χ1v) is 7.27. The van der Waals surface area contributed by atoms with E-state index in [0.717, 1.165) is 0 Å². The molecule has 0 N–H and O–H groups in total. The van der Waals surface area contributed by atoms with Gasteiger partial charge >= 0.3 is 0 Å². The van der Waals surface area contributed by atoms with E-state index in [2.05, 4.69) is 0 Å². The highest BCUT2D eigenvalue weighted by Gasteiger charge is 2.13. The third-order valence-corrected chi connectivity index (χ3v) is 4.78. The number of halogens is 2. The van der Waals surface area contributed by atoms with Gasteiger partial charge in [-0.3, -0.25) is 4.57 Å². The van der Waals surface area contributed by atoms with E-state index < -0.39 is 5.85 Å². The molecule has 0 saturated heterocycles. The number of thioether (sulfide) groups is 1. The lowest BCUT2D eigenvalue weighted by atomic mass is 10.6. The molecular formula is C4H9Cl2OPS. The van der Waals surface area contributed by atoms with Crippen molar-refractivity contribution in [2.45, 2.75) is 19.1 Å². The summed E-state index contributed by atoms with van der Waals surface area (Å²) in [4.78, 5) is 0. The average Bonchev–Trinajstić information content (AvgIpc) is 1.59. The average molecular weight is 207 g/mol. The molecule has 0 aliphatic heterocycles. The standard InChI is InChI=1S/C4H9Cl2OPS/c1-4(2)9-3-8(5,6)7/h4H,3H2,1-2H3. The first kappa shape index (κ1) is 10.2. The van der Waals surface area contributed by atoms with Crippen LogP contribution in [0.1, 0.15) is 13.8 Å². The predicted octanol–water partition coefficient (Wildman–Crippen LogP) is 3.76. The molecule has 0 heterocycles.